The molecule has 8 nitrogen and oxygen atoms in total. The second-order valence-corrected chi connectivity index (χ2v) is 9.03. The fourth-order valence-electron chi connectivity index (χ4n) is 2.78. The van der Waals surface area contributed by atoms with Crippen LogP contribution in [0.5, 0.6) is 5.75 Å². The van der Waals surface area contributed by atoms with Crippen LogP contribution in [0.15, 0.2) is 52.9 Å². The highest BCUT2D eigenvalue weighted by atomic mass is 32.2. The molecule has 3 N–H and O–H groups in total. The number of nitrogens with one attached hydrogen (secondary N) is 3. The average Bonchev–Trinajstić information content (AvgIpc) is 3.48. The Hall–Kier alpha value is -3.11. The molecule has 0 bridgehead atoms. The molecule has 10 heteroatoms. The Morgan fingerprint density at radius 3 is 2.61 bits per heavy atom. The van der Waals surface area contributed by atoms with Crippen LogP contribution in [0.3, 0.4) is 0 Å². The van der Waals surface area contributed by atoms with Gasteiger partial charge in [0.25, 0.3) is 5.91 Å². The molecule has 0 radical (unpaired) electrons. The lowest BCUT2D eigenvalue weighted by Crippen LogP contribution is -2.27. The molecule has 1 aromatic heterocycles. The summed E-state index contributed by atoms with van der Waals surface area (Å²) in [6.45, 7) is 0. The van der Waals surface area contributed by atoms with Gasteiger partial charge in [0.05, 0.1) is 29.8 Å². The Labute approximate surface area is 187 Å². The molecule has 3 aromatic rings. The second kappa shape index (κ2) is 9.80. The van der Waals surface area contributed by atoms with E-state index in [0.29, 0.717) is 26.5 Å². The number of hydrogen-bond donors (Lipinski definition) is 3. The number of thioether (sulfide) groups is 1. The third-order valence-corrected chi connectivity index (χ3v) is 6.41. The minimum absolute atomic E-state index is 0.155. The molecular weight excluding hydrogens is 434 g/mol. The molecule has 0 atom stereocenters. The van der Waals surface area contributed by atoms with E-state index in [4.69, 9.17) is 4.74 Å². The fraction of sp³-hybridized carbons (Fsp3) is 0.238. The van der Waals surface area contributed by atoms with Gasteiger partial charge in [-0.15, -0.1) is 10.2 Å². The first-order chi connectivity index (χ1) is 15.1. The maximum Gasteiger partial charge on any atom is 0.253 e. The van der Waals surface area contributed by atoms with Crippen molar-refractivity contribution in [1.29, 1.82) is 0 Å². The van der Waals surface area contributed by atoms with Crippen LogP contribution in [0.4, 0.5) is 16.5 Å². The smallest absolute Gasteiger partial charge is 0.253 e. The molecule has 1 saturated carbocycles. The van der Waals surface area contributed by atoms with Gasteiger partial charge in [0.1, 0.15) is 5.75 Å². The minimum atomic E-state index is -0.217. The van der Waals surface area contributed by atoms with Crippen LogP contribution in [0.2, 0.25) is 0 Å². The monoisotopic (exact) mass is 455 g/mol. The molecule has 0 saturated heterocycles. The van der Waals surface area contributed by atoms with Crippen molar-refractivity contribution in [3.05, 3.63) is 54.1 Å². The van der Waals surface area contributed by atoms with Gasteiger partial charge >= 0.3 is 0 Å². The second-order valence-electron chi connectivity index (χ2n) is 6.83. The van der Waals surface area contributed by atoms with Crippen molar-refractivity contribution in [1.82, 2.24) is 15.5 Å². The van der Waals surface area contributed by atoms with E-state index >= 15 is 0 Å². The van der Waals surface area contributed by atoms with Gasteiger partial charge in [-0.2, -0.15) is 0 Å². The Morgan fingerprint density at radius 1 is 1.10 bits per heavy atom. The molecule has 2 aromatic carbocycles. The number of carbonyl (C=O) groups excluding carboxylic acids is 2. The van der Waals surface area contributed by atoms with Crippen molar-refractivity contribution in [3.63, 3.8) is 0 Å². The molecule has 0 spiro atoms. The van der Waals surface area contributed by atoms with Gasteiger partial charge in [-0.1, -0.05) is 47.4 Å². The largest absolute Gasteiger partial charge is 0.495 e. The lowest BCUT2D eigenvalue weighted by atomic mass is 10.1. The number of nitrogens with zero attached hydrogens (tertiary/aromatic N) is 2. The van der Waals surface area contributed by atoms with Crippen molar-refractivity contribution in [2.24, 2.45) is 0 Å². The molecular formula is C21H21N5O3S2. The first-order valence-corrected chi connectivity index (χ1v) is 11.5. The molecule has 160 valence electrons. The number of methoxy groups -OCH3 is 1. The number of hydrogen-bond acceptors (Lipinski definition) is 8. The summed E-state index contributed by atoms with van der Waals surface area (Å²) in [6, 6.07) is 14.8. The predicted molar refractivity (Wildman–Crippen MR) is 122 cm³/mol. The molecule has 31 heavy (non-hydrogen) atoms. The zero-order chi connectivity index (χ0) is 21.6. The lowest BCUT2D eigenvalue weighted by Gasteiger charge is -2.10. The molecule has 1 aliphatic carbocycles. The average molecular weight is 456 g/mol. The Bertz CT molecular complexity index is 1080. The predicted octanol–water partition coefficient (Wildman–Crippen LogP) is 3.91. The minimum Gasteiger partial charge on any atom is -0.495 e. The Balaban J connectivity index is 1.32. The van der Waals surface area contributed by atoms with E-state index in [1.165, 1.54) is 23.1 Å². The zero-order valence-electron chi connectivity index (χ0n) is 16.8. The fourth-order valence-corrected chi connectivity index (χ4v) is 4.34. The lowest BCUT2D eigenvalue weighted by molar-refractivity contribution is -0.113. The first kappa shape index (κ1) is 21.1. The summed E-state index contributed by atoms with van der Waals surface area (Å²) < 4.78 is 5.98. The molecule has 1 fully saturated rings. The summed E-state index contributed by atoms with van der Waals surface area (Å²) in [5.41, 5.74) is 1.76. The summed E-state index contributed by atoms with van der Waals surface area (Å²) in [7, 11) is 1.61. The highest BCUT2D eigenvalue weighted by Gasteiger charge is 2.25. The van der Waals surface area contributed by atoms with Gasteiger partial charge in [-0.3, -0.25) is 9.59 Å². The Morgan fingerprint density at radius 2 is 1.84 bits per heavy atom. The van der Waals surface area contributed by atoms with Gasteiger partial charge in [0.15, 0.2) is 4.34 Å². The van der Waals surface area contributed by atoms with Crippen LogP contribution in [-0.4, -0.2) is 40.9 Å². The topological polar surface area (TPSA) is 105 Å². The summed E-state index contributed by atoms with van der Waals surface area (Å²) >= 11 is 2.63. The molecule has 2 amide bonds. The third-order valence-electron chi connectivity index (χ3n) is 4.44. The third kappa shape index (κ3) is 5.74. The summed E-state index contributed by atoms with van der Waals surface area (Å²) in [5.74, 6) is 0.478. The van der Waals surface area contributed by atoms with Gasteiger partial charge in [0, 0.05) is 6.04 Å². The maximum atomic E-state index is 12.4. The SMILES string of the molecule is COc1ccccc1Nc1nnc(SCC(=O)Nc2ccccc2C(=O)NC2CC2)s1. The van der Waals surface area contributed by atoms with E-state index in [0.717, 1.165) is 18.5 Å². The van der Waals surface area contributed by atoms with E-state index in [1.807, 2.05) is 24.3 Å². The number of ether oxygens (including phenoxy) is 1. The number of aromatic nitrogens is 2. The van der Waals surface area contributed by atoms with E-state index < -0.39 is 0 Å². The number of rotatable bonds is 9. The standard InChI is InChI=1S/C21H21N5O3S2/c1-29-17-9-5-4-8-16(17)24-20-25-26-21(31-20)30-12-18(27)23-15-7-3-2-6-14(15)19(28)22-13-10-11-13/h2-9,13H,10-12H2,1H3,(H,22,28)(H,23,27)(H,24,25). The molecule has 4 rings (SSSR count). The Kier molecular flexibility index (Phi) is 6.68. The highest BCUT2D eigenvalue weighted by molar-refractivity contribution is 8.01. The number of benzene rings is 2. The number of anilines is 3. The van der Waals surface area contributed by atoms with Crippen molar-refractivity contribution < 1.29 is 14.3 Å². The van der Waals surface area contributed by atoms with Crippen molar-refractivity contribution >= 4 is 51.4 Å². The van der Waals surface area contributed by atoms with Crippen molar-refractivity contribution in [3.8, 4) is 5.75 Å². The number of amides is 2. The summed E-state index contributed by atoms with van der Waals surface area (Å²) in [5, 5.41) is 17.8. The zero-order valence-corrected chi connectivity index (χ0v) is 18.4. The molecule has 0 aliphatic heterocycles. The van der Waals surface area contributed by atoms with Crippen LogP contribution in [-0.2, 0) is 4.79 Å². The maximum absolute atomic E-state index is 12.4. The van der Waals surface area contributed by atoms with Crippen molar-refractivity contribution in [2.45, 2.75) is 23.2 Å². The van der Waals surface area contributed by atoms with E-state index in [1.54, 1.807) is 31.4 Å². The summed E-state index contributed by atoms with van der Waals surface area (Å²) in [4.78, 5) is 24.8. The van der Waals surface area contributed by atoms with Crippen LogP contribution in [0, 0.1) is 0 Å². The van der Waals surface area contributed by atoms with Gasteiger partial charge in [0.2, 0.25) is 11.0 Å². The number of para-hydroxylation sites is 3. The van der Waals surface area contributed by atoms with Crippen molar-refractivity contribution in [2.75, 3.05) is 23.5 Å². The van der Waals surface area contributed by atoms with Crippen LogP contribution >= 0.6 is 23.1 Å². The van der Waals surface area contributed by atoms with Crippen LogP contribution < -0.4 is 20.7 Å². The van der Waals surface area contributed by atoms with Crippen LogP contribution in [0.25, 0.3) is 0 Å². The molecule has 1 heterocycles. The quantitative estimate of drug-likeness (QED) is 0.420. The number of carbonyl (C=O) groups is 2. The van der Waals surface area contributed by atoms with Gasteiger partial charge in [-0.05, 0) is 37.1 Å². The van der Waals surface area contributed by atoms with E-state index in [9.17, 15) is 9.59 Å². The molecule has 0 unspecified atom stereocenters. The van der Waals surface area contributed by atoms with E-state index in [-0.39, 0.29) is 23.6 Å². The first-order valence-electron chi connectivity index (χ1n) is 9.68. The summed E-state index contributed by atoms with van der Waals surface area (Å²) in [6.07, 6.45) is 2.01. The normalized spacial score (nSPS) is 12.8. The van der Waals surface area contributed by atoms with Gasteiger partial charge in [-0.25, -0.2) is 0 Å². The van der Waals surface area contributed by atoms with Crippen LogP contribution in [0.1, 0.15) is 23.2 Å². The molecule has 1 aliphatic rings. The van der Waals surface area contributed by atoms with E-state index in [2.05, 4.69) is 26.1 Å². The highest BCUT2D eigenvalue weighted by Crippen LogP contribution is 2.31. The van der Waals surface area contributed by atoms with Gasteiger partial charge < -0.3 is 20.7 Å².